The number of carbonyl (C=O) groups is 1. The van der Waals surface area contributed by atoms with Gasteiger partial charge in [-0.15, -0.1) is 0 Å². The second-order valence-electron chi connectivity index (χ2n) is 3.52. The smallest absolute Gasteiger partial charge is 0.336 e. The lowest BCUT2D eigenvalue weighted by atomic mass is 10.0. The number of rotatable bonds is 3. The Bertz CT molecular complexity index is 533. The van der Waals surface area contributed by atoms with Crippen molar-refractivity contribution in [1.29, 1.82) is 0 Å². The van der Waals surface area contributed by atoms with E-state index in [1.807, 2.05) is 30.3 Å². The standard InChI is InChI=1S/C14H11NO2/c16-14(17)13(12-7-4-8-15-10-12)9-11-5-2-1-3-6-11/h1-10H,(H,16,17)/b13-9-. The third kappa shape index (κ3) is 2.78. The normalized spacial score (nSPS) is 11.2. The van der Waals surface area contributed by atoms with Gasteiger partial charge in [-0.05, 0) is 17.7 Å². The topological polar surface area (TPSA) is 50.2 Å². The van der Waals surface area contributed by atoms with Crippen LogP contribution in [0, 0.1) is 0 Å². The molecule has 0 saturated heterocycles. The van der Waals surface area contributed by atoms with Crippen LogP contribution >= 0.6 is 0 Å². The van der Waals surface area contributed by atoms with E-state index in [9.17, 15) is 9.90 Å². The average molecular weight is 225 g/mol. The molecule has 3 heteroatoms. The number of carboxylic acid groups (broad SMARTS) is 1. The molecule has 0 saturated carbocycles. The Labute approximate surface area is 99.1 Å². The quantitative estimate of drug-likeness (QED) is 0.817. The van der Waals surface area contributed by atoms with Gasteiger partial charge in [-0.1, -0.05) is 36.4 Å². The molecule has 2 aromatic rings. The van der Waals surface area contributed by atoms with E-state index < -0.39 is 5.97 Å². The molecule has 1 N–H and O–H groups in total. The highest BCUT2D eigenvalue weighted by Crippen LogP contribution is 2.17. The molecule has 0 aliphatic rings. The lowest BCUT2D eigenvalue weighted by molar-refractivity contribution is -0.130. The minimum atomic E-state index is -0.957. The predicted octanol–water partition coefficient (Wildman–Crippen LogP) is 2.71. The maximum atomic E-state index is 11.2. The molecule has 17 heavy (non-hydrogen) atoms. The van der Waals surface area contributed by atoms with E-state index in [0.717, 1.165) is 5.56 Å². The van der Waals surface area contributed by atoms with Crippen LogP contribution in [0.25, 0.3) is 11.6 Å². The molecular formula is C14H11NO2. The van der Waals surface area contributed by atoms with E-state index in [1.54, 1.807) is 30.6 Å². The summed E-state index contributed by atoms with van der Waals surface area (Å²) in [5.74, 6) is -0.957. The summed E-state index contributed by atoms with van der Waals surface area (Å²) in [7, 11) is 0. The number of hydrogen-bond donors (Lipinski definition) is 1. The Kier molecular flexibility index (Phi) is 3.31. The highest BCUT2D eigenvalue weighted by molar-refractivity contribution is 6.20. The van der Waals surface area contributed by atoms with Gasteiger partial charge in [0.15, 0.2) is 0 Å². The van der Waals surface area contributed by atoms with Crippen molar-refractivity contribution in [2.75, 3.05) is 0 Å². The molecular weight excluding hydrogens is 214 g/mol. The Hall–Kier alpha value is -2.42. The fourth-order valence-electron chi connectivity index (χ4n) is 1.51. The van der Waals surface area contributed by atoms with Crippen molar-refractivity contribution < 1.29 is 9.90 Å². The highest BCUT2D eigenvalue weighted by atomic mass is 16.4. The Morgan fingerprint density at radius 2 is 1.88 bits per heavy atom. The molecule has 0 spiro atoms. The van der Waals surface area contributed by atoms with Crippen molar-refractivity contribution in [3.8, 4) is 0 Å². The summed E-state index contributed by atoms with van der Waals surface area (Å²) in [4.78, 5) is 15.1. The van der Waals surface area contributed by atoms with Crippen LogP contribution in [0.4, 0.5) is 0 Å². The van der Waals surface area contributed by atoms with Crippen LogP contribution in [0.2, 0.25) is 0 Å². The summed E-state index contributed by atoms with van der Waals surface area (Å²) in [5, 5.41) is 9.19. The number of aliphatic carboxylic acids is 1. The van der Waals surface area contributed by atoms with E-state index in [1.165, 1.54) is 0 Å². The molecule has 2 rings (SSSR count). The Balaban J connectivity index is 2.44. The minimum Gasteiger partial charge on any atom is -0.478 e. The van der Waals surface area contributed by atoms with Crippen LogP contribution in [0.5, 0.6) is 0 Å². The van der Waals surface area contributed by atoms with Crippen molar-refractivity contribution in [3.05, 3.63) is 66.0 Å². The zero-order chi connectivity index (χ0) is 12.1. The lowest BCUT2D eigenvalue weighted by Gasteiger charge is -2.02. The maximum Gasteiger partial charge on any atom is 0.336 e. The zero-order valence-electron chi connectivity index (χ0n) is 9.08. The van der Waals surface area contributed by atoms with Gasteiger partial charge in [0.2, 0.25) is 0 Å². The molecule has 1 aromatic heterocycles. The lowest BCUT2D eigenvalue weighted by Crippen LogP contribution is -1.99. The summed E-state index contributed by atoms with van der Waals surface area (Å²) < 4.78 is 0. The fraction of sp³-hybridized carbons (Fsp3) is 0. The highest BCUT2D eigenvalue weighted by Gasteiger charge is 2.09. The van der Waals surface area contributed by atoms with Crippen molar-refractivity contribution in [3.63, 3.8) is 0 Å². The number of aromatic nitrogens is 1. The van der Waals surface area contributed by atoms with Gasteiger partial charge < -0.3 is 5.11 Å². The van der Waals surface area contributed by atoms with Crippen molar-refractivity contribution in [1.82, 2.24) is 4.98 Å². The summed E-state index contributed by atoms with van der Waals surface area (Å²) in [6, 6.07) is 12.8. The van der Waals surface area contributed by atoms with Crippen LogP contribution in [0.1, 0.15) is 11.1 Å². The number of pyridine rings is 1. The third-order valence-corrected chi connectivity index (χ3v) is 2.31. The van der Waals surface area contributed by atoms with E-state index >= 15 is 0 Å². The molecule has 1 heterocycles. The first-order chi connectivity index (χ1) is 8.27. The van der Waals surface area contributed by atoms with Crippen molar-refractivity contribution in [2.24, 2.45) is 0 Å². The monoisotopic (exact) mass is 225 g/mol. The fourth-order valence-corrected chi connectivity index (χ4v) is 1.51. The van der Waals surface area contributed by atoms with E-state index in [-0.39, 0.29) is 5.57 Å². The summed E-state index contributed by atoms with van der Waals surface area (Å²) in [6.07, 6.45) is 4.80. The second kappa shape index (κ2) is 5.07. The van der Waals surface area contributed by atoms with E-state index in [2.05, 4.69) is 4.98 Å². The van der Waals surface area contributed by atoms with Gasteiger partial charge in [-0.25, -0.2) is 4.79 Å². The number of carboxylic acids is 1. The molecule has 0 radical (unpaired) electrons. The first-order valence-corrected chi connectivity index (χ1v) is 5.18. The Morgan fingerprint density at radius 3 is 2.47 bits per heavy atom. The minimum absolute atomic E-state index is 0.240. The molecule has 3 nitrogen and oxygen atoms in total. The van der Waals surface area contributed by atoms with Crippen molar-refractivity contribution in [2.45, 2.75) is 0 Å². The summed E-state index contributed by atoms with van der Waals surface area (Å²) >= 11 is 0. The molecule has 0 bridgehead atoms. The van der Waals surface area contributed by atoms with Crippen LogP contribution < -0.4 is 0 Å². The summed E-state index contributed by atoms with van der Waals surface area (Å²) in [5.41, 5.74) is 1.70. The largest absolute Gasteiger partial charge is 0.478 e. The molecule has 0 fully saturated rings. The first kappa shape index (κ1) is 11.1. The zero-order valence-corrected chi connectivity index (χ0v) is 9.08. The molecule has 0 atom stereocenters. The van der Waals surface area contributed by atoms with Gasteiger partial charge in [-0.2, -0.15) is 0 Å². The number of benzene rings is 1. The summed E-state index contributed by atoms with van der Waals surface area (Å²) in [6.45, 7) is 0. The number of nitrogens with zero attached hydrogens (tertiary/aromatic N) is 1. The van der Waals surface area contributed by atoms with Gasteiger partial charge in [0.1, 0.15) is 0 Å². The first-order valence-electron chi connectivity index (χ1n) is 5.18. The SMILES string of the molecule is O=C(O)/C(=C\c1ccccc1)c1cccnc1. The molecule has 0 amide bonds. The second-order valence-corrected chi connectivity index (χ2v) is 3.52. The van der Waals surface area contributed by atoms with Crippen LogP contribution in [-0.4, -0.2) is 16.1 Å². The average Bonchev–Trinajstić information content (AvgIpc) is 2.38. The van der Waals surface area contributed by atoms with Crippen LogP contribution in [-0.2, 0) is 4.79 Å². The van der Waals surface area contributed by atoms with Gasteiger partial charge in [0, 0.05) is 18.0 Å². The van der Waals surface area contributed by atoms with Crippen LogP contribution in [0.3, 0.4) is 0 Å². The Morgan fingerprint density at radius 1 is 1.12 bits per heavy atom. The molecule has 0 aliphatic heterocycles. The van der Waals surface area contributed by atoms with Gasteiger partial charge in [0.25, 0.3) is 0 Å². The molecule has 0 aliphatic carbocycles. The van der Waals surface area contributed by atoms with Crippen molar-refractivity contribution >= 4 is 17.6 Å². The van der Waals surface area contributed by atoms with E-state index in [0.29, 0.717) is 5.56 Å². The number of hydrogen-bond acceptors (Lipinski definition) is 2. The maximum absolute atomic E-state index is 11.2. The molecule has 0 unspecified atom stereocenters. The van der Waals surface area contributed by atoms with Crippen LogP contribution in [0.15, 0.2) is 54.9 Å². The van der Waals surface area contributed by atoms with Gasteiger partial charge >= 0.3 is 5.97 Å². The third-order valence-electron chi connectivity index (χ3n) is 2.31. The van der Waals surface area contributed by atoms with Gasteiger partial charge in [-0.3, -0.25) is 4.98 Å². The predicted molar refractivity (Wildman–Crippen MR) is 66.2 cm³/mol. The van der Waals surface area contributed by atoms with Gasteiger partial charge in [0.05, 0.1) is 5.57 Å². The van der Waals surface area contributed by atoms with E-state index in [4.69, 9.17) is 0 Å². The molecule has 1 aromatic carbocycles. The molecule has 84 valence electrons.